The maximum absolute atomic E-state index is 12.2. The van der Waals surface area contributed by atoms with Gasteiger partial charge in [0.2, 0.25) is 11.8 Å². The number of hydrogen-bond acceptors (Lipinski definition) is 4. The maximum atomic E-state index is 12.2. The summed E-state index contributed by atoms with van der Waals surface area (Å²) < 4.78 is 40.3. The van der Waals surface area contributed by atoms with Gasteiger partial charge >= 0.3 is 12.3 Å². The summed E-state index contributed by atoms with van der Waals surface area (Å²) in [6.45, 7) is 4.63. The molecule has 0 heterocycles. The lowest BCUT2D eigenvalue weighted by Gasteiger charge is -2.20. The molecule has 0 saturated heterocycles. The van der Waals surface area contributed by atoms with Crippen molar-refractivity contribution in [1.29, 1.82) is 0 Å². The van der Waals surface area contributed by atoms with E-state index in [9.17, 15) is 27.6 Å². The van der Waals surface area contributed by atoms with Gasteiger partial charge in [-0.15, -0.1) is 13.2 Å². The highest BCUT2D eigenvalue weighted by atomic mass is 19.4. The maximum Gasteiger partial charge on any atom is 0.573 e. The number of rotatable bonds is 7. The molecule has 1 aromatic rings. The molecule has 7 nitrogen and oxygen atoms in total. The van der Waals surface area contributed by atoms with Gasteiger partial charge in [-0.2, -0.15) is 0 Å². The zero-order valence-electron chi connectivity index (χ0n) is 15.0. The largest absolute Gasteiger partial charge is 0.573 e. The van der Waals surface area contributed by atoms with E-state index in [4.69, 9.17) is 5.11 Å². The Morgan fingerprint density at radius 1 is 1.11 bits per heavy atom. The smallest absolute Gasteiger partial charge is 0.481 e. The van der Waals surface area contributed by atoms with Gasteiger partial charge in [0.1, 0.15) is 5.75 Å². The summed E-state index contributed by atoms with van der Waals surface area (Å²) in [5.41, 5.74) is -0.419. The first kappa shape index (κ1) is 22.3. The second kappa shape index (κ2) is 8.74. The van der Waals surface area contributed by atoms with Crippen LogP contribution in [0.4, 0.5) is 13.2 Å². The van der Waals surface area contributed by atoms with Crippen LogP contribution in [0.25, 0.3) is 0 Å². The van der Waals surface area contributed by atoms with E-state index in [1.807, 2.05) is 0 Å². The van der Waals surface area contributed by atoms with Gasteiger partial charge in [-0.25, -0.2) is 0 Å². The SMILES string of the molecule is CC(C)(C)C(=O)NCC(=O)NC(CC(=O)O)c1ccc(OC(F)(F)F)cc1. The van der Waals surface area contributed by atoms with Gasteiger partial charge in [0.25, 0.3) is 0 Å². The molecule has 0 bridgehead atoms. The third kappa shape index (κ3) is 8.43. The number of aliphatic carboxylic acids is 1. The van der Waals surface area contributed by atoms with Crippen molar-refractivity contribution in [1.82, 2.24) is 10.6 Å². The number of amides is 2. The molecule has 0 aliphatic carbocycles. The van der Waals surface area contributed by atoms with Crippen molar-refractivity contribution < 1.29 is 37.4 Å². The molecule has 27 heavy (non-hydrogen) atoms. The molecule has 2 amide bonds. The Labute approximate surface area is 153 Å². The minimum absolute atomic E-state index is 0.280. The highest BCUT2D eigenvalue weighted by Crippen LogP contribution is 2.25. The van der Waals surface area contributed by atoms with Crippen molar-refractivity contribution in [2.24, 2.45) is 5.41 Å². The molecule has 0 radical (unpaired) electrons. The number of benzene rings is 1. The molecule has 10 heteroatoms. The van der Waals surface area contributed by atoms with E-state index in [-0.39, 0.29) is 18.0 Å². The number of halogens is 3. The van der Waals surface area contributed by atoms with Gasteiger partial charge in [0.15, 0.2) is 0 Å². The lowest BCUT2D eigenvalue weighted by molar-refractivity contribution is -0.274. The Morgan fingerprint density at radius 3 is 2.11 bits per heavy atom. The van der Waals surface area contributed by atoms with Gasteiger partial charge in [0, 0.05) is 5.41 Å². The molecule has 0 aliphatic rings. The van der Waals surface area contributed by atoms with E-state index in [0.717, 1.165) is 12.1 Å². The monoisotopic (exact) mass is 390 g/mol. The normalized spacial score (nSPS) is 12.8. The van der Waals surface area contributed by atoms with E-state index in [1.54, 1.807) is 20.8 Å². The molecule has 1 atom stereocenters. The number of carboxylic acids is 1. The van der Waals surface area contributed by atoms with Crippen LogP contribution in [0.5, 0.6) is 5.75 Å². The van der Waals surface area contributed by atoms with Crippen LogP contribution >= 0.6 is 0 Å². The van der Waals surface area contributed by atoms with Crippen molar-refractivity contribution in [3.05, 3.63) is 29.8 Å². The second-order valence-electron chi connectivity index (χ2n) is 6.77. The van der Waals surface area contributed by atoms with Crippen molar-refractivity contribution in [2.75, 3.05) is 6.54 Å². The second-order valence-corrected chi connectivity index (χ2v) is 6.77. The van der Waals surface area contributed by atoms with Crippen LogP contribution < -0.4 is 15.4 Å². The molecule has 1 unspecified atom stereocenters. The number of nitrogens with one attached hydrogen (secondary N) is 2. The van der Waals surface area contributed by atoms with Crippen LogP contribution in [0.2, 0.25) is 0 Å². The number of carbonyl (C=O) groups is 3. The fourth-order valence-corrected chi connectivity index (χ4v) is 2.00. The van der Waals surface area contributed by atoms with Crippen LogP contribution in [0.15, 0.2) is 24.3 Å². The zero-order valence-corrected chi connectivity index (χ0v) is 15.0. The van der Waals surface area contributed by atoms with Crippen LogP contribution in [-0.4, -0.2) is 35.8 Å². The number of hydrogen-bond donors (Lipinski definition) is 3. The third-order valence-electron chi connectivity index (χ3n) is 3.32. The quantitative estimate of drug-likeness (QED) is 0.663. The molecule has 150 valence electrons. The predicted octanol–water partition coefficient (Wildman–Crippen LogP) is 2.38. The molecular formula is C17H21F3N2O5. The minimum atomic E-state index is -4.85. The summed E-state index contributed by atoms with van der Waals surface area (Å²) >= 11 is 0. The summed E-state index contributed by atoms with van der Waals surface area (Å²) in [6, 6.07) is 3.50. The molecule has 0 spiro atoms. The van der Waals surface area contributed by atoms with Crippen LogP contribution in [0.3, 0.4) is 0 Å². The van der Waals surface area contributed by atoms with E-state index >= 15 is 0 Å². The highest BCUT2D eigenvalue weighted by Gasteiger charge is 2.31. The fraction of sp³-hybridized carbons (Fsp3) is 0.471. The highest BCUT2D eigenvalue weighted by molar-refractivity contribution is 5.87. The van der Waals surface area contributed by atoms with Gasteiger partial charge in [-0.05, 0) is 17.7 Å². The minimum Gasteiger partial charge on any atom is -0.481 e. The first-order valence-corrected chi connectivity index (χ1v) is 7.93. The lowest BCUT2D eigenvalue weighted by Crippen LogP contribution is -2.42. The Kier molecular flexibility index (Phi) is 7.21. The third-order valence-corrected chi connectivity index (χ3v) is 3.32. The van der Waals surface area contributed by atoms with Gasteiger partial charge in [-0.1, -0.05) is 32.9 Å². The van der Waals surface area contributed by atoms with Gasteiger partial charge in [0.05, 0.1) is 19.0 Å². The van der Waals surface area contributed by atoms with E-state index in [1.165, 1.54) is 12.1 Å². The number of alkyl halides is 3. The van der Waals surface area contributed by atoms with Crippen LogP contribution in [0, 0.1) is 5.41 Å². The number of ether oxygens (including phenoxy) is 1. The predicted molar refractivity (Wildman–Crippen MR) is 88.7 cm³/mol. The number of carbonyl (C=O) groups excluding carboxylic acids is 2. The van der Waals surface area contributed by atoms with Crippen molar-refractivity contribution in [3.63, 3.8) is 0 Å². The van der Waals surface area contributed by atoms with E-state index in [2.05, 4.69) is 15.4 Å². The van der Waals surface area contributed by atoms with Gasteiger partial charge in [-0.3, -0.25) is 14.4 Å². The summed E-state index contributed by atoms with van der Waals surface area (Å²) in [6.07, 6.45) is -5.33. The van der Waals surface area contributed by atoms with Crippen molar-refractivity contribution in [3.8, 4) is 5.75 Å². The zero-order chi connectivity index (χ0) is 20.8. The van der Waals surface area contributed by atoms with Gasteiger partial charge < -0.3 is 20.5 Å². The first-order chi connectivity index (χ1) is 12.3. The summed E-state index contributed by atoms with van der Waals surface area (Å²) in [5, 5.41) is 13.9. The summed E-state index contributed by atoms with van der Waals surface area (Å²) in [7, 11) is 0. The average Bonchev–Trinajstić information content (AvgIpc) is 2.49. The van der Waals surface area contributed by atoms with E-state index in [0.29, 0.717) is 0 Å². The van der Waals surface area contributed by atoms with Crippen molar-refractivity contribution >= 4 is 17.8 Å². The molecule has 0 saturated carbocycles. The first-order valence-electron chi connectivity index (χ1n) is 7.93. The summed E-state index contributed by atoms with van der Waals surface area (Å²) in [4.78, 5) is 34.8. The Hall–Kier alpha value is -2.78. The Balaban J connectivity index is 2.79. The lowest BCUT2D eigenvalue weighted by atomic mass is 9.96. The standard InChI is InChI=1S/C17H21F3N2O5/c1-16(2,3)15(26)21-9-13(23)22-12(8-14(24)25)10-4-6-11(7-5-10)27-17(18,19)20/h4-7,12H,8-9H2,1-3H3,(H,21,26)(H,22,23)(H,24,25). The topological polar surface area (TPSA) is 105 Å². The molecule has 1 aromatic carbocycles. The van der Waals surface area contributed by atoms with Crippen LogP contribution in [-0.2, 0) is 14.4 Å². The molecule has 0 aromatic heterocycles. The van der Waals surface area contributed by atoms with Crippen LogP contribution in [0.1, 0.15) is 38.8 Å². The fourth-order valence-electron chi connectivity index (χ4n) is 2.00. The Bertz CT molecular complexity index is 681. The van der Waals surface area contributed by atoms with Crippen molar-refractivity contribution in [2.45, 2.75) is 39.6 Å². The van der Waals surface area contributed by atoms with E-state index < -0.39 is 41.9 Å². The summed E-state index contributed by atoms with van der Waals surface area (Å²) in [5.74, 6) is -2.67. The molecule has 0 aliphatic heterocycles. The Morgan fingerprint density at radius 2 is 1.67 bits per heavy atom. The average molecular weight is 390 g/mol. The molecular weight excluding hydrogens is 369 g/mol. The molecule has 1 rings (SSSR count). The number of carboxylic acid groups (broad SMARTS) is 1. The molecule has 0 fully saturated rings. The molecule has 3 N–H and O–H groups in total.